The third kappa shape index (κ3) is 5.81. The molecular weight excluding hydrogens is 362 g/mol. The molecule has 1 saturated heterocycles. The van der Waals surface area contributed by atoms with E-state index in [9.17, 15) is 9.59 Å². The van der Waals surface area contributed by atoms with Gasteiger partial charge in [-0.1, -0.05) is 57.4 Å². The fourth-order valence-corrected chi connectivity index (χ4v) is 4.89. The van der Waals surface area contributed by atoms with Crippen molar-refractivity contribution in [1.82, 2.24) is 10.2 Å². The number of carbonyl (C=O) groups excluding carboxylic acids is 2. The van der Waals surface area contributed by atoms with Gasteiger partial charge in [0.2, 0.25) is 11.8 Å². The van der Waals surface area contributed by atoms with Crippen LogP contribution in [-0.4, -0.2) is 36.3 Å². The van der Waals surface area contributed by atoms with Crippen molar-refractivity contribution in [3.05, 3.63) is 35.4 Å². The average Bonchev–Trinajstić information content (AvgIpc) is 2.74. The van der Waals surface area contributed by atoms with Gasteiger partial charge in [-0.3, -0.25) is 9.59 Å². The van der Waals surface area contributed by atoms with Crippen molar-refractivity contribution in [1.29, 1.82) is 0 Å². The maximum atomic E-state index is 12.7. The Morgan fingerprint density at radius 2 is 1.76 bits per heavy atom. The Morgan fingerprint density at radius 1 is 1.07 bits per heavy atom. The van der Waals surface area contributed by atoms with Gasteiger partial charge in [-0.25, -0.2) is 0 Å². The van der Waals surface area contributed by atoms with Crippen LogP contribution in [0.4, 0.5) is 0 Å². The molecule has 0 aromatic heterocycles. The molecule has 1 aromatic rings. The van der Waals surface area contributed by atoms with E-state index in [1.54, 1.807) is 4.90 Å². The largest absolute Gasteiger partial charge is 0.369 e. The zero-order valence-electron chi connectivity index (χ0n) is 18.0. The van der Waals surface area contributed by atoms with Crippen LogP contribution in [0, 0.1) is 11.8 Å². The minimum Gasteiger partial charge on any atom is -0.369 e. The van der Waals surface area contributed by atoms with E-state index < -0.39 is 0 Å². The highest BCUT2D eigenvalue weighted by molar-refractivity contribution is 5.81. The second kappa shape index (κ2) is 10.2. The number of piperidine rings is 1. The zero-order chi connectivity index (χ0) is 20.8. The van der Waals surface area contributed by atoms with Gasteiger partial charge in [0, 0.05) is 19.1 Å². The number of primary amides is 1. The normalized spacial score (nSPS) is 21.9. The van der Waals surface area contributed by atoms with Crippen LogP contribution in [0.2, 0.25) is 0 Å². The number of hydrogen-bond donors (Lipinski definition) is 2. The zero-order valence-corrected chi connectivity index (χ0v) is 18.0. The highest BCUT2D eigenvalue weighted by Gasteiger charge is 2.27. The summed E-state index contributed by atoms with van der Waals surface area (Å²) in [6.45, 7) is 5.83. The molecule has 2 amide bonds. The first-order chi connectivity index (χ1) is 14.0. The van der Waals surface area contributed by atoms with Gasteiger partial charge >= 0.3 is 0 Å². The molecule has 1 aliphatic heterocycles. The maximum Gasteiger partial charge on any atom is 0.236 e. The van der Waals surface area contributed by atoms with Gasteiger partial charge in [0.05, 0.1) is 12.5 Å². The molecule has 0 radical (unpaired) electrons. The van der Waals surface area contributed by atoms with Crippen molar-refractivity contribution < 1.29 is 9.59 Å². The predicted octanol–water partition coefficient (Wildman–Crippen LogP) is 3.74. The van der Waals surface area contributed by atoms with E-state index >= 15 is 0 Å². The van der Waals surface area contributed by atoms with Gasteiger partial charge in [-0.15, -0.1) is 0 Å². The molecule has 1 heterocycles. The number of nitrogens with one attached hydrogen (secondary N) is 1. The van der Waals surface area contributed by atoms with Crippen LogP contribution < -0.4 is 11.1 Å². The van der Waals surface area contributed by atoms with Crippen molar-refractivity contribution in [2.45, 2.75) is 70.8 Å². The van der Waals surface area contributed by atoms with E-state index in [1.165, 1.54) is 43.2 Å². The van der Waals surface area contributed by atoms with Crippen molar-refractivity contribution >= 4 is 11.8 Å². The standard InChI is InChI=1S/C24H37N3O2/c1-17(2)23(20-12-10-19(11-13-20)18-7-4-3-5-8-18)26-15-22(28)27-14-6-9-21(16-27)24(25)29/h10-13,17-18,21,23,26H,3-9,14-16H2,1-2H3,(H2,25,29). The quantitative estimate of drug-likeness (QED) is 0.733. The number of rotatable bonds is 7. The van der Waals surface area contributed by atoms with Crippen LogP contribution in [0.1, 0.15) is 81.9 Å². The summed E-state index contributed by atoms with van der Waals surface area (Å²) in [6, 6.07) is 9.17. The number of likely N-dealkylation sites (tertiary alicyclic amines) is 1. The number of carbonyl (C=O) groups is 2. The second-order valence-electron chi connectivity index (χ2n) is 9.19. The first kappa shape index (κ1) is 21.8. The third-order valence-corrected chi connectivity index (χ3v) is 6.69. The number of amides is 2. The maximum absolute atomic E-state index is 12.7. The monoisotopic (exact) mass is 399 g/mol. The molecule has 160 valence electrons. The van der Waals surface area contributed by atoms with E-state index in [4.69, 9.17) is 5.73 Å². The summed E-state index contributed by atoms with van der Waals surface area (Å²) in [5.74, 6) is 0.639. The lowest BCUT2D eigenvalue weighted by atomic mass is 9.83. The smallest absolute Gasteiger partial charge is 0.236 e. The summed E-state index contributed by atoms with van der Waals surface area (Å²) in [5.41, 5.74) is 8.13. The first-order valence-electron chi connectivity index (χ1n) is 11.4. The van der Waals surface area contributed by atoms with Crippen molar-refractivity contribution in [2.24, 2.45) is 17.6 Å². The number of nitrogens with two attached hydrogens (primary N) is 1. The number of benzene rings is 1. The molecule has 0 bridgehead atoms. The van der Waals surface area contributed by atoms with E-state index in [0.717, 1.165) is 12.8 Å². The van der Waals surface area contributed by atoms with E-state index in [1.807, 2.05) is 0 Å². The van der Waals surface area contributed by atoms with Crippen LogP contribution >= 0.6 is 0 Å². The lowest BCUT2D eigenvalue weighted by molar-refractivity contribution is -0.134. The van der Waals surface area contributed by atoms with E-state index in [0.29, 0.717) is 31.5 Å². The van der Waals surface area contributed by atoms with Crippen molar-refractivity contribution in [2.75, 3.05) is 19.6 Å². The Labute approximate surface area is 175 Å². The number of nitrogens with zero attached hydrogens (tertiary/aromatic N) is 1. The molecule has 3 rings (SSSR count). The van der Waals surface area contributed by atoms with Crippen molar-refractivity contribution in [3.8, 4) is 0 Å². The summed E-state index contributed by atoms with van der Waals surface area (Å²) in [6.07, 6.45) is 8.31. The molecule has 1 aliphatic carbocycles. The molecule has 2 atom stereocenters. The first-order valence-corrected chi connectivity index (χ1v) is 11.4. The summed E-state index contributed by atoms with van der Waals surface area (Å²) in [5, 5.41) is 3.47. The fourth-order valence-electron chi connectivity index (χ4n) is 4.89. The SMILES string of the molecule is CC(C)C(NCC(=O)N1CCCC(C(N)=O)C1)c1ccc(C2CCCCC2)cc1. The fraction of sp³-hybridized carbons (Fsp3) is 0.667. The van der Waals surface area contributed by atoms with Gasteiger partial charge in [-0.05, 0) is 48.6 Å². The van der Waals surface area contributed by atoms with Crippen molar-refractivity contribution in [3.63, 3.8) is 0 Å². The molecule has 2 fully saturated rings. The summed E-state index contributed by atoms with van der Waals surface area (Å²) in [4.78, 5) is 26.0. The van der Waals surface area contributed by atoms with Gasteiger partial charge < -0.3 is 16.0 Å². The Kier molecular flexibility index (Phi) is 7.70. The molecule has 2 unspecified atom stereocenters. The molecule has 3 N–H and O–H groups in total. The Balaban J connectivity index is 1.58. The van der Waals surface area contributed by atoms with Gasteiger partial charge in [0.15, 0.2) is 0 Å². The van der Waals surface area contributed by atoms with Crippen LogP contribution in [0.25, 0.3) is 0 Å². The van der Waals surface area contributed by atoms with E-state index in [-0.39, 0.29) is 23.8 Å². The molecule has 0 spiro atoms. The third-order valence-electron chi connectivity index (χ3n) is 6.69. The Bertz CT molecular complexity index is 680. The van der Waals surface area contributed by atoms with E-state index in [2.05, 4.69) is 43.4 Å². The minimum atomic E-state index is -0.298. The lowest BCUT2D eigenvalue weighted by Crippen LogP contribution is -2.47. The van der Waals surface area contributed by atoms with Gasteiger partial charge in [0.25, 0.3) is 0 Å². The molecule has 1 aromatic carbocycles. The van der Waals surface area contributed by atoms with Crippen LogP contribution in [0.15, 0.2) is 24.3 Å². The summed E-state index contributed by atoms with van der Waals surface area (Å²) < 4.78 is 0. The minimum absolute atomic E-state index is 0.0559. The topological polar surface area (TPSA) is 75.4 Å². The molecule has 1 saturated carbocycles. The van der Waals surface area contributed by atoms with Gasteiger partial charge in [0.1, 0.15) is 0 Å². The molecule has 5 heteroatoms. The Morgan fingerprint density at radius 3 is 2.38 bits per heavy atom. The Hall–Kier alpha value is -1.88. The number of hydrogen-bond acceptors (Lipinski definition) is 3. The molecule has 29 heavy (non-hydrogen) atoms. The molecular formula is C24H37N3O2. The van der Waals surface area contributed by atoms with Gasteiger partial charge in [-0.2, -0.15) is 0 Å². The lowest BCUT2D eigenvalue weighted by Gasteiger charge is -2.32. The molecule has 5 nitrogen and oxygen atoms in total. The second-order valence-corrected chi connectivity index (χ2v) is 9.19. The molecule has 2 aliphatic rings. The van der Waals surface area contributed by atoms with Crippen LogP contribution in [0.3, 0.4) is 0 Å². The van der Waals surface area contributed by atoms with Crippen LogP contribution in [-0.2, 0) is 9.59 Å². The average molecular weight is 400 g/mol. The highest BCUT2D eigenvalue weighted by atomic mass is 16.2. The summed E-state index contributed by atoms with van der Waals surface area (Å²) >= 11 is 0. The predicted molar refractivity (Wildman–Crippen MR) is 116 cm³/mol. The summed E-state index contributed by atoms with van der Waals surface area (Å²) in [7, 11) is 0. The van der Waals surface area contributed by atoms with Crippen LogP contribution in [0.5, 0.6) is 0 Å². The highest BCUT2D eigenvalue weighted by Crippen LogP contribution is 2.33.